The molecule has 0 aliphatic heterocycles. The van der Waals surface area contributed by atoms with Crippen LogP contribution in [0.1, 0.15) is 25.7 Å². The van der Waals surface area contributed by atoms with Gasteiger partial charge in [0.05, 0.1) is 0 Å². The van der Waals surface area contributed by atoms with Crippen LogP contribution in [0.5, 0.6) is 0 Å². The Hall–Kier alpha value is -1.20. The summed E-state index contributed by atoms with van der Waals surface area (Å²) in [6.45, 7) is 0. The highest BCUT2D eigenvalue weighted by molar-refractivity contribution is 5.90. The van der Waals surface area contributed by atoms with Crippen LogP contribution in [0.3, 0.4) is 0 Å². The summed E-state index contributed by atoms with van der Waals surface area (Å²) in [5.74, 6) is -1.49. The Labute approximate surface area is 117 Å². The van der Waals surface area contributed by atoms with Gasteiger partial charge in [-0.05, 0) is 30.9 Å². The Morgan fingerprint density at radius 1 is 1.26 bits per heavy atom. The summed E-state index contributed by atoms with van der Waals surface area (Å²) >= 11 is 0. The van der Waals surface area contributed by atoms with Crippen LogP contribution in [0.15, 0.2) is 18.2 Å². The fourth-order valence-electron chi connectivity index (χ4n) is 2.40. The van der Waals surface area contributed by atoms with E-state index in [0.29, 0.717) is 6.42 Å². The Bertz CT molecular complexity index is 436. The van der Waals surface area contributed by atoms with E-state index in [1.807, 2.05) is 0 Å². The highest BCUT2D eigenvalue weighted by Gasteiger charge is 2.26. The molecule has 3 nitrogen and oxygen atoms in total. The van der Waals surface area contributed by atoms with E-state index in [-0.39, 0.29) is 36.0 Å². The molecule has 106 valence electrons. The fourth-order valence-corrected chi connectivity index (χ4v) is 2.40. The molecular formula is C13H17ClF2N2O. The van der Waals surface area contributed by atoms with E-state index in [4.69, 9.17) is 5.73 Å². The standard InChI is InChI=1S/C13H16F2N2O.ClH/c14-9-5-10(15)7-11(6-9)17-13(18)4-8-2-1-3-12(8)16;/h5-8,12H,1-4,16H2,(H,17,18);1H/t8-,12+;/m0./s1. The van der Waals surface area contributed by atoms with Crippen molar-refractivity contribution in [2.75, 3.05) is 5.32 Å². The normalized spacial score (nSPS) is 21.8. The second kappa shape index (κ2) is 6.82. The number of hydrogen-bond donors (Lipinski definition) is 2. The second-order valence-corrected chi connectivity index (χ2v) is 4.77. The molecule has 1 amide bonds. The van der Waals surface area contributed by atoms with Crippen LogP contribution >= 0.6 is 12.4 Å². The van der Waals surface area contributed by atoms with Crippen molar-refractivity contribution in [3.05, 3.63) is 29.8 Å². The molecule has 6 heteroatoms. The maximum Gasteiger partial charge on any atom is 0.224 e. The van der Waals surface area contributed by atoms with E-state index in [2.05, 4.69) is 5.32 Å². The zero-order valence-corrected chi connectivity index (χ0v) is 11.2. The minimum absolute atomic E-state index is 0. The maximum absolute atomic E-state index is 12.9. The van der Waals surface area contributed by atoms with Crippen LogP contribution in [-0.4, -0.2) is 11.9 Å². The molecule has 1 aromatic carbocycles. The van der Waals surface area contributed by atoms with Gasteiger partial charge in [0.2, 0.25) is 5.91 Å². The highest BCUT2D eigenvalue weighted by Crippen LogP contribution is 2.27. The number of nitrogens with one attached hydrogen (secondary N) is 1. The molecule has 1 aromatic rings. The third-order valence-electron chi connectivity index (χ3n) is 3.31. The van der Waals surface area contributed by atoms with E-state index >= 15 is 0 Å². The predicted octanol–water partition coefficient (Wildman–Crippen LogP) is 2.84. The van der Waals surface area contributed by atoms with Crippen molar-refractivity contribution in [1.82, 2.24) is 0 Å². The molecule has 2 rings (SSSR count). The fraction of sp³-hybridized carbons (Fsp3) is 0.462. The molecule has 1 aliphatic carbocycles. The van der Waals surface area contributed by atoms with Gasteiger partial charge < -0.3 is 11.1 Å². The number of carbonyl (C=O) groups excluding carboxylic acids is 1. The smallest absolute Gasteiger partial charge is 0.224 e. The monoisotopic (exact) mass is 290 g/mol. The van der Waals surface area contributed by atoms with Gasteiger partial charge >= 0.3 is 0 Å². The van der Waals surface area contributed by atoms with Gasteiger partial charge in [0.15, 0.2) is 0 Å². The van der Waals surface area contributed by atoms with Crippen molar-refractivity contribution in [2.45, 2.75) is 31.7 Å². The van der Waals surface area contributed by atoms with Crippen molar-refractivity contribution in [2.24, 2.45) is 11.7 Å². The molecule has 1 aliphatic rings. The maximum atomic E-state index is 12.9. The van der Waals surface area contributed by atoms with Gasteiger partial charge in [-0.15, -0.1) is 12.4 Å². The average molecular weight is 291 g/mol. The summed E-state index contributed by atoms with van der Waals surface area (Å²) in [7, 11) is 0. The lowest BCUT2D eigenvalue weighted by Gasteiger charge is -2.14. The number of halogens is 3. The Balaban J connectivity index is 0.00000180. The number of amides is 1. The Morgan fingerprint density at radius 3 is 2.42 bits per heavy atom. The van der Waals surface area contributed by atoms with Crippen LogP contribution in [0.4, 0.5) is 14.5 Å². The molecule has 19 heavy (non-hydrogen) atoms. The number of benzene rings is 1. The topological polar surface area (TPSA) is 55.1 Å². The largest absolute Gasteiger partial charge is 0.327 e. The molecular weight excluding hydrogens is 274 g/mol. The van der Waals surface area contributed by atoms with Crippen LogP contribution in [0, 0.1) is 17.6 Å². The third kappa shape index (κ3) is 4.44. The predicted molar refractivity (Wildman–Crippen MR) is 72.2 cm³/mol. The first kappa shape index (κ1) is 15.9. The Kier molecular flexibility index (Phi) is 5.69. The summed E-state index contributed by atoms with van der Waals surface area (Å²) in [6.07, 6.45) is 3.21. The number of hydrogen-bond acceptors (Lipinski definition) is 2. The molecule has 2 atom stereocenters. The van der Waals surface area contributed by atoms with Gasteiger partial charge in [-0.1, -0.05) is 6.42 Å². The summed E-state index contributed by atoms with van der Waals surface area (Å²) in [4.78, 5) is 11.7. The van der Waals surface area contributed by atoms with Crippen molar-refractivity contribution in [1.29, 1.82) is 0 Å². The summed E-state index contributed by atoms with van der Waals surface area (Å²) in [6, 6.07) is 3.01. The Morgan fingerprint density at radius 2 is 1.89 bits per heavy atom. The summed E-state index contributed by atoms with van der Waals surface area (Å²) in [5, 5.41) is 2.50. The van der Waals surface area contributed by atoms with E-state index in [0.717, 1.165) is 37.5 Å². The molecule has 1 fully saturated rings. The van der Waals surface area contributed by atoms with Gasteiger partial charge in [0.1, 0.15) is 11.6 Å². The van der Waals surface area contributed by atoms with Crippen LogP contribution in [-0.2, 0) is 4.79 Å². The lowest BCUT2D eigenvalue weighted by atomic mass is 10.00. The van der Waals surface area contributed by atoms with Crippen LogP contribution in [0.25, 0.3) is 0 Å². The molecule has 0 aromatic heterocycles. The van der Waals surface area contributed by atoms with Crippen LogP contribution < -0.4 is 11.1 Å². The average Bonchev–Trinajstić information content (AvgIpc) is 2.62. The SMILES string of the molecule is Cl.N[C@@H]1CCC[C@H]1CC(=O)Nc1cc(F)cc(F)c1. The number of anilines is 1. The van der Waals surface area contributed by atoms with E-state index < -0.39 is 11.6 Å². The number of rotatable bonds is 3. The number of carbonyl (C=O) groups is 1. The molecule has 0 heterocycles. The quantitative estimate of drug-likeness (QED) is 0.899. The molecule has 0 unspecified atom stereocenters. The molecule has 0 saturated heterocycles. The zero-order valence-electron chi connectivity index (χ0n) is 10.4. The van der Waals surface area contributed by atoms with E-state index in [9.17, 15) is 13.6 Å². The van der Waals surface area contributed by atoms with Gasteiger partial charge in [-0.3, -0.25) is 4.79 Å². The minimum atomic E-state index is -0.706. The van der Waals surface area contributed by atoms with Crippen molar-refractivity contribution in [3.63, 3.8) is 0 Å². The summed E-state index contributed by atoms with van der Waals surface area (Å²) < 4.78 is 25.9. The van der Waals surface area contributed by atoms with Crippen LogP contribution in [0.2, 0.25) is 0 Å². The zero-order chi connectivity index (χ0) is 13.1. The second-order valence-electron chi connectivity index (χ2n) is 4.77. The lowest BCUT2D eigenvalue weighted by molar-refractivity contribution is -0.117. The van der Waals surface area contributed by atoms with Gasteiger partial charge in [0.25, 0.3) is 0 Å². The minimum Gasteiger partial charge on any atom is -0.327 e. The molecule has 0 bridgehead atoms. The molecule has 0 radical (unpaired) electrons. The first-order chi connectivity index (χ1) is 8.54. The summed E-state index contributed by atoms with van der Waals surface area (Å²) in [5.41, 5.74) is 6.01. The third-order valence-corrected chi connectivity index (χ3v) is 3.31. The van der Waals surface area contributed by atoms with E-state index in [1.165, 1.54) is 0 Å². The highest BCUT2D eigenvalue weighted by atomic mass is 35.5. The van der Waals surface area contributed by atoms with Crippen molar-refractivity contribution < 1.29 is 13.6 Å². The lowest BCUT2D eigenvalue weighted by Crippen LogP contribution is -2.28. The van der Waals surface area contributed by atoms with Crippen molar-refractivity contribution in [3.8, 4) is 0 Å². The first-order valence-corrected chi connectivity index (χ1v) is 6.06. The first-order valence-electron chi connectivity index (χ1n) is 6.06. The van der Waals surface area contributed by atoms with E-state index in [1.54, 1.807) is 0 Å². The number of nitrogens with two attached hydrogens (primary N) is 1. The molecule has 0 spiro atoms. The van der Waals surface area contributed by atoms with Gasteiger partial charge in [0, 0.05) is 24.2 Å². The van der Waals surface area contributed by atoms with Crippen molar-refractivity contribution >= 4 is 24.0 Å². The molecule has 1 saturated carbocycles. The van der Waals surface area contributed by atoms with Gasteiger partial charge in [-0.2, -0.15) is 0 Å². The van der Waals surface area contributed by atoms with Gasteiger partial charge in [-0.25, -0.2) is 8.78 Å². The molecule has 3 N–H and O–H groups in total.